The molecule has 0 aliphatic carbocycles. The van der Waals surface area contributed by atoms with Crippen molar-refractivity contribution < 1.29 is 13.6 Å². The highest BCUT2D eigenvalue weighted by Gasteiger charge is 2.39. The van der Waals surface area contributed by atoms with Crippen LogP contribution in [0, 0.1) is 0 Å². The van der Waals surface area contributed by atoms with E-state index in [0.29, 0.717) is 19.3 Å². The Morgan fingerprint density at radius 1 is 1.18 bits per heavy atom. The first kappa shape index (κ1) is 15.9. The Kier molecular flexibility index (Phi) is 6.92. The van der Waals surface area contributed by atoms with Gasteiger partial charge in [0.15, 0.2) is 4.32 Å². The number of thioether (sulfide) groups is 2. The summed E-state index contributed by atoms with van der Waals surface area (Å²) in [5.74, 6) is 1.96. The van der Waals surface area contributed by atoms with Gasteiger partial charge in [0.2, 0.25) is 0 Å². The van der Waals surface area contributed by atoms with E-state index in [-0.39, 0.29) is 4.32 Å². The molecule has 17 heavy (non-hydrogen) atoms. The van der Waals surface area contributed by atoms with E-state index in [1.807, 2.05) is 13.8 Å². The zero-order valence-electron chi connectivity index (χ0n) is 10.9. The Labute approximate surface area is 113 Å². The molecule has 0 spiro atoms. The van der Waals surface area contributed by atoms with Gasteiger partial charge in [-0.15, -0.1) is 23.5 Å². The van der Waals surface area contributed by atoms with Crippen LogP contribution in [0.5, 0.6) is 0 Å². The molecule has 1 heterocycles. The summed E-state index contributed by atoms with van der Waals surface area (Å²) in [7, 11) is 1.22. The lowest BCUT2D eigenvalue weighted by Gasteiger charge is -2.34. The van der Waals surface area contributed by atoms with Gasteiger partial charge in [0, 0.05) is 17.5 Å². The molecule has 0 saturated carbocycles. The van der Waals surface area contributed by atoms with E-state index < -0.39 is 7.60 Å². The van der Waals surface area contributed by atoms with Crippen LogP contribution in [0.1, 0.15) is 13.8 Å². The molecule has 0 atom stereocenters. The third kappa shape index (κ3) is 4.44. The molecular weight excluding hydrogens is 277 g/mol. The van der Waals surface area contributed by atoms with Gasteiger partial charge in [0.1, 0.15) is 0 Å². The average Bonchev–Trinajstić information content (AvgIpc) is 2.30. The van der Waals surface area contributed by atoms with Crippen LogP contribution < -0.4 is 0 Å². The summed E-state index contributed by atoms with van der Waals surface area (Å²) in [4.78, 5) is 2.21. The second-order valence-corrected chi connectivity index (χ2v) is 9.35. The van der Waals surface area contributed by atoms with Gasteiger partial charge in [0.25, 0.3) is 0 Å². The lowest BCUT2D eigenvalue weighted by Crippen LogP contribution is -2.36. The van der Waals surface area contributed by atoms with Crippen LogP contribution in [0.4, 0.5) is 0 Å². The molecule has 1 fully saturated rings. The van der Waals surface area contributed by atoms with Crippen molar-refractivity contribution in [3.63, 3.8) is 0 Å². The molecule has 0 amide bonds. The van der Waals surface area contributed by atoms with Crippen LogP contribution in [0.3, 0.4) is 0 Å². The zero-order chi connectivity index (χ0) is 12.9. The fraction of sp³-hybridized carbons (Fsp3) is 1.00. The Bertz CT molecular complexity index is 260. The van der Waals surface area contributed by atoms with Gasteiger partial charge in [-0.05, 0) is 27.9 Å². The minimum absolute atomic E-state index is 0.0707. The molecule has 0 aromatic carbocycles. The van der Waals surface area contributed by atoms with Crippen molar-refractivity contribution in [3.8, 4) is 0 Å². The van der Waals surface area contributed by atoms with E-state index >= 15 is 0 Å². The fourth-order valence-corrected chi connectivity index (χ4v) is 7.84. The van der Waals surface area contributed by atoms with Crippen LogP contribution in [-0.4, -0.2) is 54.1 Å². The molecule has 1 aliphatic rings. The lowest BCUT2D eigenvalue weighted by atomic mass is 10.4. The molecule has 0 N–H and O–H groups in total. The second kappa shape index (κ2) is 7.41. The standard InChI is InChI=1S/C10H22NO3PS2/c1-5-13-15(12,14-6-2)10-16-7-9(8-17-10)11(3)4/h9-10H,5-8H2,1-4H3. The van der Waals surface area contributed by atoms with Crippen LogP contribution in [-0.2, 0) is 13.6 Å². The summed E-state index contributed by atoms with van der Waals surface area (Å²) in [6.45, 7) is 4.58. The largest absolute Gasteiger partial charge is 0.353 e. The minimum Gasteiger partial charge on any atom is -0.308 e. The average molecular weight is 299 g/mol. The Hall–Kier alpha value is 0.810. The molecular formula is C10H22NO3PS2. The van der Waals surface area contributed by atoms with Crippen molar-refractivity contribution >= 4 is 31.1 Å². The van der Waals surface area contributed by atoms with Crippen molar-refractivity contribution in [2.75, 3.05) is 38.8 Å². The van der Waals surface area contributed by atoms with Crippen molar-refractivity contribution in [1.29, 1.82) is 0 Å². The minimum atomic E-state index is -2.94. The molecule has 1 aliphatic heterocycles. The monoisotopic (exact) mass is 299 g/mol. The topological polar surface area (TPSA) is 38.8 Å². The van der Waals surface area contributed by atoms with E-state index in [0.717, 1.165) is 11.5 Å². The molecule has 1 rings (SSSR count). The Balaban J connectivity index is 2.58. The summed E-state index contributed by atoms with van der Waals surface area (Å²) in [6.07, 6.45) is 0. The molecule has 102 valence electrons. The van der Waals surface area contributed by atoms with Gasteiger partial charge in [-0.3, -0.25) is 4.57 Å². The van der Waals surface area contributed by atoms with E-state index in [9.17, 15) is 4.57 Å². The molecule has 0 aromatic rings. The van der Waals surface area contributed by atoms with Crippen molar-refractivity contribution in [1.82, 2.24) is 4.90 Å². The highest BCUT2D eigenvalue weighted by atomic mass is 32.2. The normalized spacial score (nSPS) is 26.4. The summed E-state index contributed by atoms with van der Waals surface area (Å²) in [6, 6.07) is 0.540. The van der Waals surface area contributed by atoms with Gasteiger partial charge in [-0.1, -0.05) is 0 Å². The van der Waals surface area contributed by atoms with Gasteiger partial charge in [-0.25, -0.2) is 0 Å². The van der Waals surface area contributed by atoms with Crippen LogP contribution in [0.15, 0.2) is 0 Å². The number of rotatable bonds is 6. The Morgan fingerprint density at radius 2 is 1.65 bits per heavy atom. The fourth-order valence-electron chi connectivity index (χ4n) is 1.48. The predicted octanol–water partition coefficient (Wildman–Crippen LogP) is 2.95. The quantitative estimate of drug-likeness (QED) is 0.702. The Morgan fingerprint density at radius 3 is 2.00 bits per heavy atom. The number of hydrogen-bond donors (Lipinski definition) is 0. The van der Waals surface area contributed by atoms with Crippen LogP contribution >= 0.6 is 31.1 Å². The summed E-state index contributed by atoms with van der Waals surface area (Å²) >= 11 is 3.39. The number of nitrogens with zero attached hydrogens (tertiary/aromatic N) is 1. The van der Waals surface area contributed by atoms with Gasteiger partial charge < -0.3 is 13.9 Å². The number of hydrogen-bond acceptors (Lipinski definition) is 6. The maximum Gasteiger partial charge on any atom is 0.353 e. The maximum atomic E-state index is 12.5. The predicted molar refractivity (Wildman–Crippen MR) is 77.0 cm³/mol. The third-order valence-electron chi connectivity index (χ3n) is 2.47. The lowest BCUT2D eigenvalue weighted by molar-refractivity contribution is 0.222. The first-order valence-corrected chi connectivity index (χ1v) is 9.52. The van der Waals surface area contributed by atoms with Gasteiger partial charge in [0.05, 0.1) is 13.2 Å². The summed E-state index contributed by atoms with van der Waals surface area (Å²) < 4.78 is 23.2. The van der Waals surface area contributed by atoms with E-state index in [1.54, 1.807) is 23.5 Å². The molecule has 0 radical (unpaired) electrons. The molecule has 7 heteroatoms. The first-order chi connectivity index (χ1) is 8.03. The molecule has 0 aromatic heterocycles. The van der Waals surface area contributed by atoms with E-state index in [4.69, 9.17) is 9.05 Å². The third-order valence-corrected chi connectivity index (χ3v) is 9.21. The van der Waals surface area contributed by atoms with Crippen LogP contribution in [0.2, 0.25) is 0 Å². The highest BCUT2D eigenvalue weighted by Crippen LogP contribution is 2.62. The van der Waals surface area contributed by atoms with Gasteiger partial charge >= 0.3 is 7.60 Å². The van der Waals surface area contributed by atoms with Crippen molar-refractivity contribution in [2.45, 2.75) is 24.2 Å². The summed E-state index contributed by atoms with van der Waals surface area (Å²) in [5.41, 5.74) is 0. The smallest absolute Gasteiger partial charge is 0.308 e. The van der Waals surface area contributed by atoms with Crippen molar-refractivity contribution in [3.05, 3.63) is 0 Å². The molecule has 1 saturated heterocycles. The van der Waals surface area contributed by atoms with Crippen LogP contribution in [0.25, 0.3) is 0 Å². The van der Waals surface area contributed by atoms with Crippen molar-refractivity contribution in [2.24, 2.45) is 0 Å². The van der Waals surface area contributed by atoms with E-state index in [2.05, 4.69) is 19.0 Å². The first-order valence-electron chi connectivity index (χ1n) is 5.82. The maximum absolute atomic E-state index is 12.5. The molecule has 0 bridgehead atoms. The highest BCUT2D eigenvalue weighted by molar-refractivity contribution is 8.24. The zero-order valence-corrected chi connectivity index (χ0v) is 13.4. The SMILES string of the molecule is CCOP(=O)(OCC)C1SCC(N(C)C)CS1. The summed E-state index contributed by atoms with van der Waals surface area (Å²) in [5, 5.41) is 0. The second-order valence-electron chi connectivity index (χ2n) is 3.97. The van der Waals surface area contributed by atoms with Gasteiger partial charge in [-0.2, -0.15) is 0 Å². The molecule has 4 nitrogen and oxygen atoms in total. The molecule has 0 unspecified atom stereocenters. The van der Waals surface area contributed by atoms with E-state index in [1.165, 1.54) is 0 Å².